The molecule has 2 aromatic carbocycles. The molecule has 1 N–H and O–H groups in total. The van der Waals surface area contributed by atoms with E-state index in [1.165, 1.54) is 6.21 Å². The Kier molecular flexibility index (Phi) is 7.22. The Balaban J connectivity index is 1.83. The molecule has 0 aliphatic heterocycles. The molecule has 0 bridgehead atoms. The van der Waals surface area contributed by atoms with Crippen molar-refractivity contribution >= 4 is 45.7 Å². The van der Waals surface area contributed by atoms with Crippen LogP contribution in [0.15, 0.2) is 52.0 Å². The van der Waals surface area contributed by atoms with E-state index in [0.29, 0.717) is 10.8 Å². The normalized spacial score (nSPS) is 11.6. The molecule has 2 aromatic rings. The maximum absolute atomic E-state index is 11.8. The SMILES string of the molecule is Cc1cc(OCC(=O)N/N=C\C(Br)=C\c2ccccc2)cc(C)c1Cl. The van der Waals surface area contributed by atoms with Crippen LogP contribution in [0.5, 0.6) is 5.75 Å². The molecule has 0 fully saturated rings. The first kappa shape index (κ1) is 19.2. The Bertz CT molecular complexity index is 781. The first-order chi connectivity index (χ1) is 12.0. The van der Waals surface area contributed by atoms with E-state index in [2.05, 4.69) is 26.5 Å². The minimum absolute atomic E-state index is 0.127. The maximum Gasteiger partial charge on any atom is 0.277 e. The van der Waals surface area contributed by atoms with Gasteiger partial charge in [0, 0.05) is 9.51 Å². The number of hydrazone groups is 1. The number of hydrogen-bond acceptors (Lipinski definition) is 3. The summed E-state index contributed by atoms with van der Waals surface area (Å²) in [4.78, 5) is 11.8. The first-order valence-electron chi connectivity index (χ1n) is 7.59. The van der Waals surface area contributed by atoms with Crippen molar-refractivity contribution in [2.24, 2.45) is 5.10 Å². The number of rotatable bonds is 6. The van der Waals surface area contributed by atoms with Crippen molar-refractivity contribution < 1.29 is 9.53 Å². The van der Waals surface area contributed by atoms with Gasteiger partial charge < -0.3 is 4.74 Å². The van der Waals surface area contributed by atoms with Crippen LogP contribution >= 0.6 is 27.5 Å². The van der Waals surface area contributed by atoms with Gasteiger partial charge in [-0.2, -0.15) is 5.10 Å². The second-order valence-corrected chi connectivity index (χ2v) is 6.69. The van der Waals surface area contributed by atoms with Gasteiger partial charge in [0.2, 0.25) is 0 Å². The van der Waals surface area contributed by atoms with Crippen LogP contribution in [0.1, 0.15) is 16.7 Å². The number of carbonyl (C=O) groups excluding carboxylic acids is 1. The third-order valence-corrected chi connectivity index (χ3v) is 4.29. The van der Waals surface area contributed by atoms with Gasteiger partial charge in [0.05, 0.1) is 6.21 Å². The fraction of sp³-hybridized carbons (Fsp3) is 0.158. The van der Waals surface area contributed by atoms with Crippen molar-refractivity contribution in [3.05, 3.63) is 68.7 Å². The number of halogens is 2. The Hall–Kier alpha value is -2.11. The van der Waals surface area contributed by atoms with Crippen LogP contribution in [0, 0.1) is 13.8 Å². The van der Waals surface area contributed by atoms with E-state index in [4.69, 9.17) is 16.3 Å². The number of benzene rings is 2. The van der Waals surface area contributed by atoms with Crippen molar-refractivity contribution in [2.45, 2.75) is 13.8 Å². The summed E-state index contributed by atoms with van der Waals surface area (Å²) in [5.41, 5.74) is 5.27. The number of nitrogens with zero attached hydrogens (tertiary/aromatic N) is 1. The molecule has 4 nitrogen and oxygen atoms in total. The quantitative estimate of drug-likeness (QED) is 0.534. The lowest BCUT2D eigenvalue weighted by molar-refractivity contribution is -0.123. The maximum atomic E-state index is 11.8. The molecule has 0 radical (unpaired) electrons. The number of hydrogen-bond donors (Lipinski definition) is 1. The smallest absolute Gasteiger partial charge is 0.277 e. The minimum atomic E-state index is -0.346. The Morgan fingerprint density at radius 1 is 1.24 bits per heavy atom. The Morgan fingerprint density at radius 3 is 2.52 bits per heavy atom. The fourth-order valence-corrected chi connectivity index (χ4v) is 2.56. The number of allylic oxidation sites excluding steroid dienone is 1. The predicted octanol–water partition coefficient (Wildman–Crippen LogP) is 4.87. The molecule has 130 valence electrons. The molecule has 1 amide bonds. The second-order valence-electron chi connectivity index (χ2n) is 5.39. The van der Waals surface area contributed by atoms with E-state index in [9.17, 15) is 4.79 Å². The zero-order chi connectivity index (χ0) is 18.2. The van der Waals surface area contributed by atoms with Crippen LogP contribution in [-0.4, -0.2) is 18.7 Å². The molecule has 2 rings (SSSR count). The van der Waals surface area contributed by atoms with Crippen molar-refractivity contribution in [1.82, 2.24) is 5.43 Å². The highest BCUT2D eigenvalue weighted by molar-refractivity contribution is 9.12. The van der Waals surface area contributed by atoms with Gasteiger partial charge in [-0.15, -0.1) is 0 Å². The number of carbonyl (C=O) groups is 1. The lowest BCUT2D eigenvalue weighted by Crippen LogP contribution is -2.24. The highest BCUT2D eigenvalue weighted by atomic mass is 79.9. The third kappa shape index (κ3) is 6.36. The highest BCUT2D eigenvalue weighted by Crippen LogP contribution is 2.25. The summed E-state index contributed by atoms with van der Waals surface area (Å²) < 4.78 is 6.21. The molecule has 0 spiro atoms. The molecule has 6 heteroatoms. The van der Waals surface area contributed by atoms with Crippen LogP contribution in [-0.2, 0) is 4.79 Å². The molecule has 0 atom stereocenters. The average molecular weight is 422 g/mol. The lowest BCUT2D eigenvalue weighted by Gasteiger charge is -2.09. The highest BCUT2D eigenvalue weighted by Gasteiger charge is 2.06. The summed E-state index contributed by atoms with van der Waals surface area (Å²) in [6.07, 6.45) is 3.41. The largest absolute Gasteiger partial charge is 0.484 e. The van der Waals surface area contributed by atoms with E-state index in [-0.39, 0.29) is 12.5 Å². The Labute approximate surface area is 160 Å². The van der Waals surface area contributed by atoms with Crippen molar-refractivity contribution in [3.63, 3.8) is 0 Å². The van der Waals surface area contributed by atoms with E-state index in [1.807, 2.05) is 50.3 Å². The third-order valence-electron chi connectivity index (χ3n) is 3.26. The molecular weight excluding hydrogens is 404 g/mol. The lowest BCUT2D eigenvalue weighted by atomic mass is 10.1. The Morgan fingerprint density at radius 2 is 1.88 bits per heavy atom. The van der Waals surface area contributed by atoms with Gasteiger partial charge in [-0.3, -0.25) is 4.79 Å². The van der Waals surface area contributed by atoms with Gasteiger partial charge in [0.15, 0.2) is 6.61 Å². The molecule has 0 aliphatic carbocycles. The van der Waals surface area contributed by atoms with Gasteiger partial charge in [-0.05, 0) is 64.7 Å². The van der Waals surface area contributed by atoms with Gasteiger partial charge >= 0.3 is 0 Å². The van der Waals surface area contributed by atoms with Crippen LogP contribution < -0.4 is 10.2 Å². The molecule has 0 unspecified atom stereocenters. The fourth-order valence-electron chi connectivity index (χ4n) is 2.08. The predicted molar refractivity (Wildman–Crippen MR) is 106 cm³/mol. The van der Waals surface area contributed by atoms with Crippen molar-refractivity contribution in [2.75, 3.05) is 6.61 Å². The van der Waals surface area contributed by atoms with Gasteiger partial charge in [0.1, 0.15) is 5.75 Å². The summed E-state index contributed by atoms with van der Waals surface area (Å²) in [6, 6.07) is 13.4. The number of ether oxygens (including phenoxy) is 1. The van der Waals surface area contributed by atoms with Crippen LogP contribution in [0.2, 0.25) is 5.02 Å². The zero-order valence-electron chi connectivity index (χ0n) is 13.9. The van der Waals surface area contributed by atoms with Gasteiger partial charge in [0.25, 0.3) is 5.91 Å². The van der Waals surface area contributed by atoms with Gasteiger partial charge in [-0.1, -0.05) is 41.9 Å². The molecular formula is C19H18BrClN2O2. The topological polar surface area (TPSA) is 50.7 Å². The summed E-state index contributed by atoms with van der Waals surface area (Å²) in [5, 5.41) is 4.59. The summed E-state index contributed by atoms with van der Waals surface area (Å²) in [6.45, 7) is 3.66. The summed E-state index contributed by atoms with van der Waals surface area (Å²) in [7, 11) is 0. The van der Waals surface area contributed by atoms with Crippen LogP contribution in [0.3, 0.4) is 0 Å². The molecule has 25 heavy (non-hydrogen) atoms. The molecule has 0 saturated carbocycles. The van der Waals surface area contributed by atoms with E-state index >= 15 is 0 Å². The van der Waals surface area contributed by atoms with Gasteiger partial charge in [-0.25, -0.2) is 5.43 Å². The zero-order valence-corrected chi connectivity index (χ0v) is 16.3. The number of amides is 1. The molecule has 0 saturated heterocycles. The average Bonchev–Trinajstić information content (AvgIpc) is 2.58. The monoisotopic (exact) mass is 420 g/mol. The number of nitrogens with one attached hydrogen (secondary N) is 1. The minimum Gasteiger partial charge on any atom is -0.484 e. The van der Waals surface area contributed by atoms with E-state index in [0.717, 1.165) is 21.2 Å². The van der Waals surface area contributed by atoms with E-state index < -0.39 is 0 Å². The molecule has 0 aliphatic rings. The number of aryl methyl sites for hydroxylation is 2. The summed E-state index contributed by atoms with van der Waals surface area (Å²) in [5.74, 6) is 0.255. The second kappa shape index (κ2) is 9.39. The molecule has 0 aromatic heterocycles. The first-order valence-corrected chi connectivity index (χ1v) is 8.76. The standard InChI is InChI=1S/C19H18BrClN2O2/c1-13-8-17(9-14(2)19(13)21)25-12-18(24)23-22-11-16(20)10-15-6-4-3-5-7-15/h3-11H,12H2,1-2H3,(H,23,24)/b16-10-,22-11-. The summed E-state index contributed by atoms with van der Waals surface area (Å²) >= 11 is 9.48. The van der Waals surface area contributed by atoms with Crippen LogP contribution in [0.25, 0.3) is 6.08 Å². The molecule has 0 heterocycles. The van der Waals surface area contributed by atoms with Crippen molar-refractivity contribution in [3.8, 4) is 5.75 Å². The van der Waals surface area contributed by atoms with Crippen molar-refractivity contribution in [1.29, 1.82) is 0 Å². The van der Waals surface area contributed by atoms with Crippen LogP contribution in [0.4, 0.5) is 0 Å². The van der Waals surface area contributed by atoms with E-state index in [1.54, 1.807) is 12.1 Å².